The number of hydrogen-bond donors (Lipinski definition) is 1. The van der Waals surface area contributed by atoms with Crippen LogP contribution in [0.2, 0.25) is 0 Å². The zero-order chi connectivity index (χ0) is 9.97. The van der Waals surface area contributed by atoms with E-state index in [2.05, 4.69) is 21.2 Å². The molecule has 0 saturated carbocycles. The fourth-order valence-corrected chi connectivity index (χ4v) is 1.72. The smallest absolute Gasteiger partial charge is 0.141 e. The lowest BCUT2D eigenvalue weighted by Crippen LogP contribution is -2.19. The average Bonchev–Trinajstić information content (AvgIpc) is 2.64. The van der Waals surface area contributed by atoms with Crippen LogP contribution in [0, 0.1) is 5.82 Å². The molecule has 2 nitrogen and oxygen atoms in total. The fraction of sp³-hybridized carbons (Fsp3) is 0.400. The molecule has 0 bridgehead atoms. The van der Waals surface area contributed by atoms with Crippen molar-refractivity contribution in [3.05, 3.63) is 28.5 Å². The van der Waals surface area contributed by atoms with E-state index in [4.69, 9.17) is 4.74 Å². The Kier molecular flexibility index (Phi) is 3.03. The SMILES string of the molecule is Fc1cc(OC2CCNC2)ccc1Br. The molecule has 1 atom stereocenters. The first-order valence-corrected chi connectivity index (χ1v) is 5.37. The van der Waals surface area contributed by atoms with Crippen molar-refractivity contribution in [2.75, 3.05) is 13.1 Å². The summed E-state index contributed by atoms with van der Waals surface area (Å²) in [7, 11) is 0. The summed E-state index contributed by atoms with van der Waals surface area (Å²) in [5.41, 5.74) is 0. The molecule has 1 aliphatic heterocycles. The summed E-state index contributed by atoms with van der Waals surface area (Å²) in [5, 5.41) is 3.19. The summed E-state index contributed by atoms with van der Waals surface area (Å²) in [6.07, 6.45) is 1.16. The average molecular weight is 260 g/mol. The molecule has 0 spiro atoms. The number of halogens is 2. The molecular weight excluding hydrogens is 249 g/mol. The highest BCUT2D eigenvalue weighted by molar-refractivity contribution is 9.10. The van der Waals surface area contributed by atoms with Gasteiger partial charge < -0.3 is 10.1 Å². The van der Waals surface area contributed by atoms with Crippen LogP contribution in [-0.4, -0.2) is 19.2 Å². The van der Waals surface area contributed by atoms with Crippen LogP contribution in [0.25, 0.3) is 0 Å². The van der Waals surface area contributed by atoms with Crippen molar-refractivity contribution in [2.45, 2.75) is 12.5 Å². The van der Waals surface area contributed by atoms with Gasteiger partial charge in [-0.15, -0.1) is 0 Å². The van der Waals surface area contributed by atoms with E-state index in [-0.39, 0.29) is 11.9 Å². The Hall–Kier alpha value is -0.610. The predicted molar refractivity (Wildman–Crippen MR) is 56.0 cm³/mol. The number of nitrogens with one attached hydrogen (secondary N) is 1. The third-order valence-electron chi connectivity index (χ3n) is 2.21. The van der Waals surface area contributed by atoms with Gasteiger partial charge in [-0.2, -0.15) is 0 Å². The molecule has 1 unspecified atom stereocenters. The Morgan fingerprint density at radius 2 is 2.36 bits per heavy atom. The van der Waals surface area contributed by atoms with Gasteiger partial charge in [0.15, 0.2) is 0 Å². The molecule has 1 aromatic carbocycles. The van der Waals surface area contributed by atoms with Crippen LogP contribution >= 0.6 is 15.9 Å². The predicted octanol–water partition coefficient (Wildman–Crippen LogP) is 2.33. The summed E-state index contributed by atoms with van der Waals surface area (Å²) < 4.78 is 19.2. The maximum atomic E-state index is 13.1. The summed E-state index contributed by atoms with van der Waals surface area (Å²) in [4.78, 5) is 0. The minimum Gasteiger partial charge on any atom is -0.489 e. The van der Waals surface area contributed by atoms with Crippen molar-refractivity contribution in [3.8, 4) is 5.75 Å². The van der Waals surface area contributed by atoms with E-state index < -0.39 is 0 Å². The van der Waals surface area contributed by atoms with Crippen molar-refractivity contribution in [3.63, 3.8) is 0 Å². The number of benzene rings is 1. The molecule has 1 fully saturated rings. The molecule has 1 saturated heterocycles. The Morgan fingerprint density at radius 1 is 1.50 bits per heavy atom. The molecule has 1 N–H and O–H groups in total. The van der Waals surface area contributed by atoms with E-state index in [1.54, 1.807) is 12.1 Å². The normalized spacial score (nSPS) is 21.1. The second-order valence-electron chi connectivity index (χ2n) is 3.31. The second kappa shape index (κ2) is 4.28. The Labute approximate surface area is 90.6 Å². The van der Waals surface area contributed by atoms with E-state index in [1.165, 1.54) is 6.07 Å². The zero-order valence-corrected chi connectivity index (χ0v) is 9.18. The van der Waals surface area contributed by atoms with Crippen molar-refractivity contribution in [1.82, 2.24) is 5.32 Å². The summed E-state index contributed by atoms with van der Waals surface area (Å²) >= 11 is 3.10. The van der Waals surface area contributed by atoms with Crippen molar-refractivity contribution in [2.24, 2.45) is 0 Å². The van der Waals surface area contributed by atoms with Gasteiger partial charge in [-0.25, -0.2) is 4.39 Å². The maximum absolute atomic E-state index is 13.1. The van der Waals surface area contributed by atoms with Gasteiger partial charge in [0.05, 0.1) is 4.47 Å². The first-order chi connectivity index (χ1) is 6.75. The molecule has 0 aromatic heterocycles. The van der Waals surface area contributed by atoms with E-state index in [9.17, 15) is 4.39 Å². The van der Waals surface area contributed by atoms with E-state index in [0.29, 0.717) is 10.2 Å². The van der Waals surface area contributed by atoms with Gasteiger partial charge in [0.2, 0.25) is 0 Å². The van der Waals surface area contributed by atoms with E-state index in [1.807, 2.05) is 0 Å². The van der Waals surface area contributed by atoms with Crippen LogP contribution in [0.5, 0.6) is 5.75 Å². The van der Waals surface area contributed by atoms with Gasteiger partial charge in [0, 0.05) is 12.6 Å². The van der Waals surface area contributed by atoms with Gasteiger partial charge in [-0.1, -0.05) is 0 Å². The van der Waals surface area contributed by atoms with Crippen LogP contribution in [0.3, 0.4) is 0 Å². The topological polar surface area (TPSA) is 21.3 Å². The van der Waals surface area contributed by atoms with Crippen molar-refractivity contribution < 1.29 is 9.13 Å². The highest BCUT2D eigenvalue weighted by atomic mass is 79.9. The lowest BCUT2D eigenvalue weighted by atomic mass is 10.3. The van der Waals surface area contributed by atoms with Gasteiger partial charge in [-0.3, -0.25) is 0 Å². The third-order valence-corrected chi connectivity index (χ3v) is 2.85. The van der Waals surface area contributed by atoms with Crippen LogP contribution in [0.4, 0.5) is 4.39 Å². The van der Waals surface area contributed by atoms with Gasteiger partial charge >= 0.3 is 0 Å². The molecule has 1 heterocycles. The molecule has 14 heavy (non-hydrogen) atoms. The highest BCUT2D eigenvalue weighted by Crippen LogP contribution is 2.22. The lowest BCUT2D eigenvalue weighted by molar-refractivity contribution is 0.222. The highest BCUT2D eigenvalue weighted by Gasteiger charge is 2.16. The first-order valence-electron chi connectivity index (χ1n) is 4.58. The lowest BCUT2D eigenvalue weighted by Gasteiger charge is -2.12. The van der Waals surface area contributed by atoms with Gasteiger partial charge in [0.1, 0.15) is 17.7 Å². The zero-order valence-electron chi connectivity index (χ0n) is 7.59. The number of hydrogen-bond acceptors (Lipinski definition) is 2. The van der Waals surface area contributed by atoms with Crippen LogP contribution < -0.4 is 10.1 Å². The molecule has 4 heteroatoms. The second-order valence-corrected chi connectivity index (χ2v) is 4.16. The Balaban J connectivity index is 2.05. The number of ether oxygens (including phenoxy) is 1. The van der Waals surface area contributed by atoms with Crippen LogP contribution in [0.1, 0.15) is 6.42 Å². The molecule has 1 aliphatic rings. The monoisotopic (exact) mass is 259 g/mol. The van der Waals surface area contributed by atoms with E-state index >= 15 is 0 Å². The van der Waals surface area contributed by atoms with Gasteiger partial charge in [-0.05, 0) is 41.0 Å². The molecule has 76 valence electrons. The first kappa shape index (κ1) is 9.93. The maximum Gasteiger partial charge on any atom is 0.141 e. The van der Waals surface area contributed by atoms with Crippen molar-refractivity contribution in [1.29, 1.82) is 0 Å². The summed E-state index contributed by atoms with van der Waals surface area (Å²) in [6, 6.07) is 4.83. The Bertz CT molecular complexity index is 326. The molecule has 0 aliphatic carbocycles. The fourth-order valence-electron chi connectivity index (χ4n) is 1.47. The largest absolute Gasteiger partial charge is 0.489 e. The van der Waals surface area contributed by atoms with Crippen molar-refractivity contribution >= 4 is 15.9 Å². The minimum atomic E-state index is -0.284. The molecule has 0 amide bonds. The third kappa shape index (κ3) is 2.25. The standard InChI is InChI=1S/C10H11BrFNO/c11-9-2-1-7(5-10(9)12)14-8-3-4-13-6-8/h1-2,5,8,13H,3-4,6H2. The Morgan fingerprint density at radius 3 is 3.00 bits per heavy atom. The van der Waals surface area contributed by atoms with E-state index in [0.717, 1.165) is 19.5 Å². The quantitative estimate of drug-likeness (QED) is 0.881. The number of rotatable bonds is 2. The van der Waals surface area contributed by atoms with Crippen LogP contribution in [-0.2, 0) is 0 Å². The van der Waals surface area contributed by atoms with Crippen LogP contribution in [0.15, 0.2) is 22.7 Å². The van der Waals surface area contributed by atoms with Gasteiger partial charge in [0.25, 0.3) is 0 Å². The molecular formula is C10H11BrFNO. The molecule has 1 aromatic rings. The molecule has 0 radical (unpaired) electrons. The summed E-state index contributed by atoms with van der Waals surface area (Å²) in [6.45, 7) is 1.82. The minimum absolute atomic E-state index is 0.176. The molecule has 2 rings (SSSR count). The summed E-state index contributed by atoms with van der Waals surface area (Å²) in [5.74, 6) is 0.313.